The first kappa shape index (κ1) is 25.2. The maximum Gasteiger partial charge on any atom is 0.269 e. The number of halogens is 1. The number of hydrogen-bond donors (Lipinski definition) is 3. The molecule has 4 N–H and O–H groups in total. The number of thiazole rings is 1. The molecule has 3 heterocycles. The van der Waals surface area contributed by atoms with Gasteiger partial charge >= 0.3 is 0 Å². The Morgan fingerprint density at radius 2 is 1.92 bits per heavy atom. The summed E-state index contributed by atoms with van der Waals surface area (Å²) >= 11 is 1.45. The molecule has 1 amide bonds. The second-order valence-electron chi connectivity index (χ2n) is 10.1. The monoisotopic (exact) mass is 520 g/mol. The molecular formula is C27H29FN6O2S. The van der Waals surface area contributed by atoms with Gasteiger partial charge in [-0.25, -0.2) is 14.4 Å². The van der Waals surface area contributed by atoms with E-state index < -0.39 is 11.1 Å². The van der Waals surface area contributed by atoms with Crippen LogP contribution in [0.15, 0.2) is 53.4 Å². The lowest BCUT2D eigenvalue weighted by Crippen LogP contribution is -2.44. The fraction of sp³-hybridized carbons (Fsp3) is 0.333. The van der Waals surface area contributed by atoms with Gasteiger partial charge in [0.05, 0.1) is 23.4 Å². The maximum absolute atomic E-state index is 13.5. The summed E-state index contributed by atoms with van der Waals surface area (Å²) in [5.74, 6) is -0.760. The number of aromatic nitrogens is 4. The van der Waals surface area contributed by atoms with Crippen molar-refractivity contribution in [3.05, 3.63) is 76.1 Å². The summed E-state index contributed by atoms with van der Waals surface area (Å²) in [6.07, 6.45) is 1.63. The van der Waals surface area contributed by atoms with Gasteiger partial charge < -0.3 is 16.2 Å². The molecular weight excluding hydrogens is 491 g/mol. The van der Waals surface area contributed by atoms with Crippen LogP contribution in [-0.4, -0.2) is 37.3 Å². The minimum Gasteiger partial charge on any atom is -0.381 e. The highest BCUT2D eigenvalue weighted by Gasteiger charge is 2.47. The Hall–Kier alpha value is -3.47. The number of rotatable bonds is 8. The van der Waals surface area contributed by atoms with Crippen LogP contribution in [0.2, 0.25) is 0 Å². The first-order chi connectivity index (χ1) is 17.5. The summed E-state index contributed by atoms with van der Waals surface area (Å²) in [7, 11) is 1.70. The third-order valence-corrected chi connectivity index (χ3v) is 7.32. The normalized spacial score (nSPS) is 15.4. The van der Waals surface area contributed by atoms with Gasteiger partial charge in [0.1, 0.15) is 28.5 Å². The zero-order valence-electron chi connectivity index (χ0n) is 20.9. The second-order valence-corrected chi connectivity index (χ2v) is 10.9. The fourth-order valence-electron chi connectivity index (χ4n) is 4.35. The van der Waals surface area contributed by atoms with Gasteiger partial charge in [-0.1, -0.05) is 0 Å². The van der Waals surface area contributed by atoms with Crippen molar-refractivity contribution in [1.82, 2.24) is 25.1 Å². The molecule has 1 fully saturated rings. The van der Waals surface area contributed by atoms with Crippen LogP contribution in [-0.2, 0) is 18.2 Å². The highest BCUT2D eigenvalue weighted by molar-refractivity contribution is 7.07. The molecule has 0 radical (unpaired) electrons. The number of pyridine rings is 1. The molecule has 0 bridgehead atoms. The molecule has 1 aliphatic rings. The van der Waals surface area contributed by atoms with Gasteiger partial charge in [-0.05, 0) is 80.6 Å². The minimum absolute atomic E-state index is 0.0297. The Kier molecular flexibility index (Phi) is 6.43. The zero-order valence-corrected chi connectivity index (χ0v) is 21.7. The number of amides is 1. The summed E-state index contributed by atoms with van der Waals surface area (Å²) in [5, 5.41) is 21.1. The van der Waals surface area contributed by atoms with Gasteiger partial charge in [0.2, 0.25) is 0 Å². The van der Waals surface area contributed by atoms with Crippen molar-refractivity contribution >= 4 is 17.2 Å². The van der Waals surface area contributed by atoms with Crippen molar-refractivity contribution in [3.8, 4) is 22.6 Å². The molecule has 5 rings (SSSR count). The van der Waals surface area contributed by atoms with Crippen molar-refractivity contribution in [3.63, 3.8) is 0 Å². The number of carbonyl (C=O) groups excluding carboxylic acids is 1. The average Bonchev–Trinajstić information content (AvgIpc) is 3.44. The molecule has 192 valence electrons. The molecule has 0 aliphatic heterocycles. The summed E-state index contributed by atoms with van der Waals surface area (Å²) in [5.41, 5.74) is 10.2. The maximum atomic E-state index is 13.5. The van der Waals surface area contributed by atoms with Gasteiger partial charge in [-0.3, -0.25) is 9.48 Å². The first-order valence-corrected chi connectivity index (χ1v) is 13.0. The van der Waals surface area contributed by atoms with Gasteiger partial charge in [0.25, 0.3) is 5.91 Å². The quantitative estimate of drug-likeness (QED) is 0.324. The SMILES string of the molecule is Cn1nc(-c2cscn2)cc1C(=O)NCC(O)(c1cc(C(C)(C)N)cc(-c2ccc(F)cc2)n1)C1CC1. The molecule has 0 saturated heterocycles. The third kappa shape index (κ3) is 5.18. The van der Waals surface area contributed by atoms with E-state index in [0.29, 0.717) is 34.0 Å². The van der Waals surface area contributed by atoms with Gasteiger partial charge in [0, 0.05) is 23.5 Å². The Morgan fingerprint density at radius 1 is 1.19 bits per heavy atom. The Labute approximate surface area is 218 Å². The first-order valence-electron chi connectivity index (χ1n) is 12.1. The topological polar surface area (TPSA) is 119 Å². The van der Waals surface area contributed by atoms with E-state index in [9.17, 15) is 14.3 Å². The lowest BCUT2D eigenvalue weighted by molar-refractivity contribution is 0.00935. The molecule has 4 aromatic rings. The van der Waals surface area contributed by atoms with Crippen LogP contribution in [0.5, 0.6) is 0 Å². The number of nitrogens with two attached hydrogens (primary N) is 1. The van der Waals surface area contributed by atoms with Crippen LogP contribution in [0, 0.1) is 11.7 Å². The number of hydrogen-bond acceptors (Lipinski definition) is 7. The molecule has 1 atom stereocenters. The van der Waals surface area contributed by atoms with Crippen LogP contribution in [0.25, 0.3) is 22.6 Å². The highest BCUT2D eigenvalue weighted by atomic mass is 32.1. The van der Waals surface area contributed by atoms with Gasteiger partial charge in [-0.2, -0.15) is 5.10 Å². The minimum atomic E-state index is -1.40. The summed E-state index contributed by atoms with van der Waals surface area (Å²) in [6, 6.07) is 11.4. The molecule has 1 unspecified atom stereocenters. The van der Waals surface area contributed by atoms with E-state index in [-0.39, 0.29) is 24.2 Å². The summed E-state index contributed by atoms with van der Waals surface area (Å²) in [6.45, 7) is 3.72. The molecule has 1 aliphatic carbocycles. The standard InChI is InChI=1S/C27H29FN6O2S/c1-26(2,29)18-10-20(16-4-8-19(28)9-5-16)32-24(11-18)27(36,17-6-7-17)14-30-25(35)23-12-21(33-34(23)3)22-13-37-15-31-22/h4-5,8-13,15,17,36H,6-7,14,29H2,1-3H3,(H,30,35). The van der Waals surface area contributed by atoms with Crippen molar-refractivity contribution in [2.24, 2.45) is 18.7 Å². The van der Waals surface area contributed by atoms with Crippen LogP contribution in [0.1, 0.15) is 48.4 Å². The molecule has 37 heavy (non-hydrogen) atoms. The number of aliphatic hydroxyl groups is 1. The van der Waals surface area contributed by atoms with Crippen LogP contribution >= 0.6 is 11.3 Å². The molecule has 0 spiro atoms. The predicted octanol–water partition coefficient (Wildman–Crippen LogP) is 3.97. The van der Waals surface area contributed by atoms with Gasteiger partial charge in [-0.15, -0.1) is 11.3 Å². The van der Waals surface area contributed by atoms with Crippen LogP contribution in [0.4, 0.5) is 4.39 Å². The zero-order chi connectivity index (χ0) is 26.4. The molecule has 8 nitrogen and oxygen atoms in total. The van der Waals surface area contributed by atoms with E-state index in [1.807, 2.05) is 31.4 Å². The van der Waals surface area contributed by atoms with Crippen molar-refractivity contribution in [2.45, 2.75) is 37.8 Å². The van der Waals surface area contributed by atoms with Crippen molar-refractivity contribution < 1.29 is 14.3 Å². The summed E-state index contributed by atoms with van der Waals surface area (Å²) < 4.78 is 15.1. The van der Waals surface area contributed by atoms with Crippen LogP contribution in [0.3, 0.4) is 0 Å². The molecule has 10 heteroatoms. The molecule has 1 saturated carbocycles. The Morgan fingerprint density at radius 3 is 2.54 bits per heavy atom. The lowest BCUT2D eigenvalue weighted by Gasteiger charge is -2.30. The lowest BCUT2D eigenvalue weighted by atomic mass is 9.87. The van der Waals surface area contributed by atoms with Crippen LogP contribution < -0.4 is 11.1 Å². The number of carbonyl (C=O) groups is 1. The van der Waals surface area contributed by atoms with E-state index >= 15 is 0 Å². The summed E-state index contributed by atoms with van der Waals surface area (Å²) in [4.78, 5) is 22.2. The number of benzene rings is 1. The van der Waals surface area contributed by atoms with Crippen molar-refractivity contribution in [2.75, 3.05) is 6.54 Å². The smallest absolute Gasteiger partial charge is 0.269 e. The van der Waals surface area contributed by atoms with E-state index in [4.69, 9.17) is 10.7 Å². The van der Waals surface area contributed by atoms with Crippen molar-refractivity contribution in [1.29, 1.82) is 0 Å². The Balaban J connectivity index is 1.46. The average molecular weight is 521 g/mol. The number of nitrogens with one attached hydrogen (secondary N) is 1. The molecule has 1 aromatic carbocycles. The Bertz CT molecular complexity index is 1420. The number of nitrogens with zero attached hydrogens (tertiary/aromatic N) is 4. The highest BCUT2D eigenvalue weighted by Crippen LogP contribution is 2.46. The predicted molar refractivity (Wildman–Crippen MR) is 140 cm³/mol. The fourth-order valence-corrected chi connectivity index (χ4v) is 4.89. The van der Waals surface area contributed by atoms with Gasteiger partial charge in [0.15, 0.2) is 0 Å². The molecule has 3 aromatic heterocycles. The second kappa shape index (κ2) is 9.44. The van der Waals surface area contributed by atoms with E-state index in [1.165, 1.54) is 28.2 Å². The van der Waals surface area contributed by atoms with E-state index in [0.717, 1.165) is 18.4 Å². The third-order valence-electron chi connectivity index (χ3n) is 6.73. The number of aryl methyl sites for hydroxylation is 1. The van der Waals surface area contributed by atoms with E-state index in [2.05, 4.69) is 15.4 Å². The largest absolute Gasteiger partial charge is 0.381 e. The van der Waals surface area contributed by atoms with E-state index in [1.54, 1.807) is 30.8 Å².